The molecule has 2 heteroatoms. The van der Waals surface area contributed by atoms with Crippen molar-refractivity contribution < 1.29 is 5.11 Å². The smallest absolute Gasteiger partial charge is 0.101 e. The summed E-state index contributed by atoms with van der Waals surface area (Å²) in [6.45, 7) is 4.85. The van der Waals surface area contributed by atoms with Crippen LogP contribution in [-0.4, -0.2) is 11.1 Å². The Balaban J connectivity index is 3.26. The SMILES string of the molecule is C=C(O)C(C)N. The van der Waals surface area contributed by atoms with E-state index in [2.05, 4.69) is 6.58 Å². The molecule has 0 spiro atoms. The quantitative estimate of drug-likeness (QED) is 0.455. The van der Waals surface area contributed by atoms with Gasteiger partial charge in [0, 0.05) is 0 Å². The van der Waals surface area contributed by atoms with Crippen LogP contribution in [0.3, 0.4) is 0 Å². The molecule has 3 N–H and O–H groups in total. The number of hydrogen-bond donors (Lipinski definition) is 2. The predicted octanol–water partition coefficient (Wildman–Crippen LogP) is 0.405. The molecular formula is C4H9NO. The molecule has 0 aromatic heterocycles. The lowest BCUT2D eigenvalue weighted by atomic mass is 10.3. The third-order valence-corrected chi connectivity index (χ3v) is 0.526. The molecule has 0 aliphatic rings. The summed E-state index contributed by atoms with van der Waals surface area (Å²) in [6.07, 6.45) is 0. The number of aliphatic hydroxyl groups excluding tert-OH is 1. The van der Waals surface area contributed by atoms with Gasteiger partial charge in [-0.15, -0.1) is 0 Å². The van der Waals surface area contributed by atoms with Gasteiger partial charge >= 0.3 is 0 Å². The summed E-state index contributed by atoms with van der Waals surface area (Å²) in [5.41, 5.74) is 5.09. The zero-order valence-electron chi connectivity index (χ0n) is 3.81. The van der Waals surface area contributed by atoms with Gasteiger partial charge in [-0.2, -0.15) is 0 Å². The first-order valence-electron chi connectivity index (χ1n) is 1.78. The monoisotopic (exact) mass is 87.1 g/mol. The van der Waals surface area contributed by atoms with E-state index in [9.17, 15) is 0 Å². The van der Waals surface area contributed by atoms with Gasteiger partial charge in [-0.3, -0.25) is 0 Å². The van der Waals surface area contributed by atoms with Gasteiger partial charge in [0.15, 0.2) is 0 Å². The van der Waals surface area contributed by atoms with Crippen LogP contribution >= 0.6 is 0 Å². The van der Waals surface area contributed by atoms with E-state index in [1.165, 1.54) is 0 Å². The molecule has 0 heterocycles. The average Bonchev–Trinajstić information content (AvgIpc) is 1.36. The van der Waals surface area contributed by atoms with Crippen molar-refractivity contribution in [1.29, 1.82) is 0 Å². The first-order chi connectivity index (χ1) is 2.64. The molecule has 0 bridgehead atoms. The highest BCUT2D eigenvalue weighted by Gasteiger charge is 1.91. The lowest BCUT2D eigenvalue weighted by Gasteiger charge is -1.96. The molecule has 0 radical (unpaired) electrons. The molecule has 0 rings (SSSR count). The molecule has 0 aromatic carbocycles. The third-order valence-electron chi connectivity index (χ3n) is 0.526. The predicted molar refractivity (Wildman–Crippen MR) is 25.4 cm³/mol. The van der Waals surface area contributed by atoms with E-state index in [4.69, 9.17) is 10.8 Å². The highest BCUT2D eigenvalue weighted by molar-refractivity contribution is 4.88. The van der Waals surface area contributed by atoms with Crippen LogP contribution in [0.1, 0.15) is 6.92 Å². The van der Waals surface area contributed by atoms with E-state index in [0.717, 1.165) is 0 Å². The van der Waals surface area contributed by atoms with Crippen molar-refractivity contribution in [2.45, 2.75) is 13.0 Å². The van der Waals surface area contributed by atoms with Gasteiger partial charge in [0.1, 0.15) is 5.76 Å². The Bertz CT molecular complexity index is 58.6. The number of nitrogens with two attached hydrogens (primary N) is 1. The van der Waals surface area contributed by atoms with E-state index in [-0.39, 0.29) is 11.8 Å². The van der Waals surface area contributed by atoms with Crippen LogP contribution in [0.2, 0.25) is 0 Å². The van der Waals surface area contributed by atoms with Gasteiger partial charge in [-0.05, 0) is 6.92 Å². The molecule has 36 valence electrons. The highest BCUT2D eigenvalue weighted by atomic mass is 16.3. The Morgan fingerprint density at radius 3 is 2.17 bits per heavy atom. The van der Waals surface area contributed by atoms with E-state index in [0.29, 0.717) is 0 Å². The second kappa shape index (κ2) is 1.82. The van der Waals surface area contributed by atoms with E-state index in [1.54, 1.807) is 6.92 Å². The van der Waals surface area contributed by atoms with Crippen LogP contribution in [0, 0.1) is 0 Å². The van der Waals surface area contributed by atoms with Crippen molar-refractivity contribution in [2.24, 2.45) is 5.73 Å². The minimum Gasteiger partial charge on any atom is -0.511 e. The zero-order chi connectivity index (χ0) is 5.15. The minimum absolute atomic E-state index is 0.0370. The second-order valence-corrected chi connectivity index (χ2v) is 1.28. The summed E-state index contributed by atoms with van der Waals surface area (Å²) in [5.74, 6) is 0.0370. The fraction of sp³-hybridized carbons (Fsp3) is 0.500. The number of aliphatic hydroxyl groups is 1. The van der Waals surface area contributed by atoms with Crippen molar-refractivity contribution in [3.05, 3.63) is 12.3 Å². The van der Waals surface area contributed by atoms with Crippen LogP contribution in [0.4, 0.5) is 0 Å². The van der Waals surface area contributed by atoms with Crippen molar-refractivity contribution in [3.8, 4) is 0 Å². The van der Waals surface area contributed by atoms with Gasteiger partial charge in [-0.25, -0.2) is 0 Å². The Hall–Kier alpha value is -0.500. The second-order valence-electron chi connectivity index (χ2n) is 1.28. The summed E-state index contributed by atoms with van der Waals surface area (Å²) >= 11 is 0. The molecule has 0 aliphatic heterocycles. The Morgan fingerprint density at radius 2 is 2.17 bits per heavy atom. The molecule has 6 heavy (non-hydrogen) atoms. The van der Waals surface area contributed by atoms with Crippen LogP contribution in [0.5, 0.6) is 0 Å². The number of hydrogen-bond acceptors (Lipinski definition) is 2. The lowest BCUT2D eigenvalue weighted by molar-refractivity contribution is 0.377. The first kappa shape index (κ1) is 5.50. The summed E-state index contributed by atoms with van der Waals surface area (Å²) in [5, 5.41) is 8.31. The molecule has 0 fully saturated rings. The molecule has 0 aromatic rings. The number of rotatable bonds is 1. The molecule has 0 amide bonds. The van der Waals surface area contributed by atoms with Crippen LogP contribution < -0.4 is 5.73 Å². The molecule has 0 saturated heterocycles. The Morgan fingerprint density at radius 1 is 2.00 bits per heavy atom. The first-order valence-corrected chi connectivity index (χ1v) is 1.78. The molecule has 0 saturated carbocycles. The summed E-state index contributed by atoms with van der Waals surface area (Å²) in [7, 11) is 0. The van der Waals surface area contributed by atoms with Gasteiger partial charge in [0.25, 0.3) is 0 Å². The van der Waals surface area contributed by atoms with Gasteiger partial charge in [0.2, 0.25) is 0 Å². The van der Waals surface area contributed by atoms with Crippen molar-refractivity contribution in [2.75, 3.05) is 0 Å². The summed E-state index contributed by atoms with van der Waals surface area (Å²) in [4.78, 5) is 0. The minimum atomic E-state index is -0.287. The normalized spacial score (nSPS) is 13.7. The molecular weight excluding hydrogens is 78.0 g/mol. The third kappa shape index (κ3) is 1.79. The van der Waals surface area contributed by atoms with Crippen LogP contribution in [0.25, 0.3) is 0 Å². The van der Waals surface area contributed by atoms with Gasteiger partial charge < -0.3 is 10.8 Å². The van der Waals surface area contributed by atoms with Crippen molar-refractivity contribution in [1.82, 2.24) is 0 Å². The topological polar surface area (TPSA) is 46.2 Å². The van der Waals surface area contributed by atoms with E-state index in [1.807, 2.05) is 0 Å². The Labute approximate surface area is 37.3 Å². The van der Waals surface area contributed by atoms with E-state index >= 15 is 0 Å². The fourth-order valence-corrected chi connectivity index (χ4v) is 0. The molecule has 2 nitrogen and oxygen atoms in total. The van der Waals surface area contributed by atoms with Crippen LogP contribution in [-0.2, 0) is 0 Å². The molecule has 1 unspecified atom stereocenters. The Kier molecular flexibility index (Phi) is 1.67. The summed E-state index contributed by atoms with van der Waals surface area (Å²) < 4.78 is 0. The molecule has 1 atom stereocenters. The van der Waals surface area contributed by atoms with Crippen LogP contribution in [0.15, 0.2) is 12.3 Å². The van der Waals surface area contributed by atoms with Crippen molar-refractivity contribution in [3.63, 3.8) is 0 Å². The van der Waals surface area contributed by atoms with Gasteiger partial charge in [0.05, 0.1) is 6.04 Å². The zero-order valence-corrected chi connectivity index (χ0v) is 3.81. The highest BCUT2D eigenvalue weighted by Crippen LogP contribution is 1.84. The fourth-order valence-electron chi connectivity index (χ4n) is 0. The van der Waals surface area contributed by atoms with Crippen molar-refractivity contribution >= 4 is 0 Å². The maximum absolute atomic E-state index is 8.31. The largest absolute Gasteiger partial charge is 0.511 e. The maximum Gasteiger partial charge on any atom is 0.101 e. The van der Waals surface area contributed by atoms with E-state index < -0.39 is 0 Å². The molecule has 0 aliphatic carbocycles. The maximum atomic E-state index is 8.31. The summed E-state index contributed by atoms with van der Waals surface area (Å²) in [6, 6.07) is -0.287. The standard InChI is InChI=1S/C4H9NO/c1-3(5)4(2)6/h3,6H,2,5H2,1H3. The average molecular weight is 87.1 g/mol. The lowest BCUT2D eigenvalue weighted by Crippen LogP contribution is -2.16. The van der Waals surface area contributed by atoms with Gasteiger partial charge in [-0.1, -0.05) is 6.58 Å².